The number of ether oxygens (including phenoxy) is 1. The molecule has 0 radical (unpaired) electrons. The topological polar surface area (TPSA) is 72.8 Å². The van der Waals surface area contributed by atoms with Crippen molar-refractivity contribution in [2.24, 2.45) is 5.92 Å². The number of hydrogen-bond acceptors (Lipinski definition) is 4. The van der Waals surface area contributed by atoms with Crippen molar-refractivity contribution in [3.63, 3.8) is 0 Å². The third-order valence-corrected chi connectivity index (χ3v) is 9.72. The van der Waals surface area contributed by atoms with Gasteiger partial charge >= 0.3 is 11.9 Å². The van der Waals surface area contributed by atoms with Gasteiger partial charge in [0.25, 0.3) is 0 Å². The van der Waals surface area contributed by atoms with Crippen LogP contribution < -0.4 is 0 Å². The van der Waals surface area contributed by atoms with Crippen LogP contribution in [0.4, 0.5) is 0 Å². The van der Waals surface area contributed by atoms with E-state index in [1.54, 1.807) is 13.0 Å². The Morgan fingerprint density at radius 1 is 1.18 bits per heavy atom. The van der Waals surface area contributed by atoms with E-state index in [2.05, 4.69) is 33.9 Å². The molecule has 0 saturated heterocycles. The van der Waals surface area contributed by atoms with E-state index in [-0.39, 0.29) is 11.6 Å². The normalized spacial score (nSPS) is 14.6. The van der Waals surface area contributed by atoms with Crippen LogP contribution in [0.1, 0.15) is 39.7 Å². The highest BCUT2D eigenvalue weighted by molar-refractivity contribution is 6.74. The number of hydrogen-bond donors (Lipinski definition) is 1. The van der Waals surface area contributed by atoms with E-state index in [1.165, 1.54) is 6.08 Å². The van der Waals surface area contributed by atoms with Crippen molar-refractivity contribution >= 4 is 20.3 Å². The minimum absolute atomic E-state index is 0.0779. The number of aryl methyl sites for hydroxylation is 1. The molecule has 1 N–H and O–H groups in total. The Bertz CT molecular complexity index is 661. The minimum Gasteiger partial charge on any atom is -0.481 e. The van der Waals surface area contributed by atoms with E-state index in [1.807, 2.05) is 30.3 Å². The van der Waals surface area contributed by atoms with Crippen molar-refractivity contribution < 1.29 is 23.9 Å². The molecule has 5 nitrogen and oxygen atoms in total. The van der Waals surface area contributed by atoms with Gasteiger partial charge in [0.2, 0.25) is 0 Å². The number of rotatable bonds is 10. The van der Waals surface area contributed by atoms with Gasteiger partial charge < -0.3 is 14.3 Å². The van der Waals surface area contributed by atoms with Gasteiger partial charge in [0.05, 0.1) is 18.6 Å². The summed E-state index contributed by atoms with van der Waals surface area (Å²) >= 11 is 0. The minimum atomic E-state index is -2.24. The molecule has 0 aliphatic heterocycles. The van der Waals surface area contributed by atoms with Crippen LogP contribution in [0.2, 0.25) is 18.1 Å². The number of carbonyl (C=O) groups is 2. The predicted molar refractivity (Wildman–Crippen MR) is 114 cm³/mol. The predicted octanol–water partition coefficient (Wildman–Crippen LogP) is 4.83. The lowest BCUT2D eigenvalue weighted by Crippen LogP contribution is -2.46. The van der Waals surface area contributed by atoms with Crippen LogP contribution in [0.3, 0.4) is 0 Å². The van der Waals surface area contributed by atoms with Crippen molar-refractivity contribution in [1.29, 1.82) is 0 Å². The van der Waals surface area contributed by atoms with E-state index in [0.717, 1.165) is 5.56 Å². The summed E-state index contributed by atoms with van der Waals surface area (Å²) in [5, 5.41) is 9.80. The summed E-state index contributed by atoms with van der Waals surface area (Å²) in [4.78, 5) is 23.8. The van der Waals surface area contributed by atoms with Gasteiger partial charge in [0.15, 0.2) is 8.32 Å². The second-order valence-electron chi connectivity index (χ2n) is 8.42. The fourth-order valence-electron chi connectivity index (χ4n) is 2.53. The lowest BCUT2D eigenvalue weighted by Gasteiger charge is -2.40. The molecular formula is C22H34O5Si. The van der Waals surface area contributed by atoms with Crippen molar-refractivity contribution in [2.45, 2.75) is 64.8 Å². The highest BCUT2D eigenvalue weighted by atomic mass is 28.4. The number of aliphatic carboxylic acids is 1. The molecule has 28 heavy (non-hydrogen) atoms. The smallest absolute Gasteiger partial charge is 0.330 e. The van der Waals surface area contributed by atoms with E-state index >= 15 is 0 Å². The van der Waals surface area contributed by atoms with Gasteiger partial charge in [-0.25, -0.2) is 4.79 Å². The molecule has 1 aromatic carbocycles. The van der Waals surface area contributed by atoms with Crippen LogP contribution >= 0.6 is 0 Å². The monoisotopic (exact) mass is 406 g/mol. The first-order valence-electron chi connectivity index (χ1n) is 9.77. The van der Waals surface area contributed by atoms with Gasteiger partial charge in [-0.15, -0.1) is 0 Å². The summed E-state index contributed by atoms with van der Waals surface area (Å²) in [6.45, 7) is 12.5. The van der Waals surface area contributed by atoms with Crippen LogP contribution in [0.5, 0.6) is 0 Å². The summed E-state index contributed by atoms with van der Waals surface area (Å²) in [6.07, 6.45) is 3.21. The maximum absolute atomic E-state index is 12.1. The summed E-state index contributed by atoms with van der Waals surface area (Å²) < 4.78 is 11.3. The summed E-state index contributed by atoms with van der Waals surface area (Å²) in [5.74, 6) is -2.16. The zero-order valence-corrected chi connectivity index (χ0v) is 18.9. The number of carbonyl (C=O) groups excluding carboxylic acids is 1. The van der Waals surface area contributed by atoms with E-state index in [4.69, 9.17) is 9.16 Å². The number of benzene rings is 1. The van der Waals surface area contributed by atoms with Crippen molar-refractivity contribution in [2.75, 3.05) is 6.61 Å². The molecule has 0 bridgehead atoms. The van der Waals surface area contributed by atoms with Crippen molar-refractivity contribution in [1.82, 2.24) is 0 Å². The van der Waals surface area contributed by atoms with E-state index in [9.17, 15) is 14.7 Å². The third-order valence-electron chi connectivity index (χ3n) is 5.25. The Kier molecular flexibility index (Phi) is 9.11. The fraction of sp³-hybridized carbons (Fsp3) is 0.545. The lowest BCUT2D eigenvalue weighted by molar-refractivity contribution is -0.145. The van der Waals surface area contributed by atoms with Crippen molar-refractivity contribution in [3.05, 3.63) is 48.0 Å². The molecule has 6 heteroatoms. The Morgan fingerprint density at radius 2 is 1.79 bits per heavy atom. The van der Waals surface area contributed by atoms with Crippen LogP contribution in [0, 0.1) is 5.92 Å². The Labute approximate surface area is 169 Å². The number of carboxylic acids is 1. The quantitative estimate of drug-likeness (QED) is 0.342. The second-order valence-corrected chi connectivity index (χ2v) is 13.2. The SMILES string of the molecule is CCOC(=O)C=C[C@H](O[Si](C)(C)C(C)(C)C)[C@H](CCc1ccccc1)C(=O)O. The van der Waals surface area contributed by atoms with Crippen LogP contribution in [-0.4, -0.2) is 38.1 Å². The lowest BCUT2D eigenvalue weighted by atomic mass is 9.94. The Morgan fingerprint density at radius 3 is 2.29 bits per heavy atom. The molecule has 0 aliphatic carbocycles. The molecule has 0 amide bonds. The summed E-state index contributed by atoms with van der Waals surface area (Å²) in [7, 11) is -2.24. The van der Waals surface area contributed by atoms with Gasteiger partial charge in [-0.1, -0.05) is 51.1 Å². The number of esters is 1. The van der Waals surface area contributed by atoms with Crippen LogP contribution in [0.25, 0.3) is 0 Å². The van der Waals surface area contributed by atoms with Crippen LogP contribution in [-0.2, 0) is 25.2 Å². The maximum Gasteiger partial charge on any atom is 0.330 e. The maximum atomic E-state index is 12.1. The first kappa shape index (κ1) is 24.1. The second kappa shape index (κ2) is 10.6. The first-order valence-corrected chi connectivity index (χ1v) is 12.7. The standard InChI is InChI=1S/C22H34O5Si/c1-7-26-20(23)16-15-19(27-28(5,6)22(2,3)4)18(21(24)25)14-13-17-11-9-8-10-12-17/h8-12,15-16,18-19H,7,13-14H2,1-6H3,(H,24,25)/t18-,19-/m0/s1. The van der Waals surface area contributed by atoms with Gasteiger partial charge in [-0.05, 0) is 49.5 Å². The zero-order chi connectivity index (χ0) is 21.4. The zero-order valence-electron chi connectivity index (χ0n) is 17.9. The Balaban J connectivity index is 3.08. The number of carboxylic acid groups (broad SMARTS) is 1. The highest BCUT2D eigenvalue weighted by Crippen LogP contribution is 2.38. The van der Waals surface area contributed by atoms with Crippen molar-refractivity contribution in [3.8, 4) is 0 Å². The van der Waals surface area contributed by atoms with Gasteiger partial charge in [0, 0.05) is 6.08 Å². The van der Waals surface area contributed by atoms with Gasteiger partial charge in [0.1, 0.15) is 0 Å². The van der Waals surface area contributed by atoms with Crippen LogP contribution in [0.15, 0.2) is 42.5 Å². The fourth-order valence-corrected chi connectivity index (χ4v) is 3.81. The summed E-state index contributed by atoms with van der Waals surface area (Å²) in [6, 6.07) is 9.78. The molecule has 0 spiro atoms. The van der Waals surface area contributed by atoms with Gasteiger partial charge in [-0.3, -0.25) is 4.79 Å². The third kappa shape index (κ3) is 7.60. The first-order chi connectivity index (χ1) is 13.0. The average Bonchev–Trinajstić information content (AvgIpc) is 2.59. The molecule has 1 rings (SSSR count). The van der Waals surface area contributed by atoms with E-state index in [0.29, 0.717) is 12.8 Å². The van der Waals surface area contributed by atoms with E-state index < -0.39 is 32.3 Å². The highest BCUT2D eigenvalue weighted by Gasteiger charge is 2.41. The molecule has 0 fully saturated rings. The molecular weight excluding hydrogens is 372 g/mol. The molecule has 0 aliphatic rings. The largest absolute Gasteiger partial charge is 0.481 e. The summed E-state index contributed by atoms with van der Waals surface area (Å²) in [5.41, 5.74) is 1.08. The molecule has 0 heterocycles. The molecule has 2 atom stereocenters. The average molecular weight is 407 g/mol. The van der Waals surface area contributed by atoms with Gasteiger partial charge in [-0.2, -0.15) is 0 Å². The molecule has 0 saturated carbocycles. The molecule has 156 valence electrons. The molecule has 0 aromatic heterocycles. The Hall–Kier alpha value is -1.92. The molecule has 1 aromatic rings. The molecule has 0 unspecified atom stereocenters.